The predicted octanol–water partition coefficient (Wildman–Crippen LogP) is 3.43. The monoisotopic (exact) mass is 513 g/mol. The highest BCUT2D eigenvalue weighted by atomic mass is 15.2. The summed E-state index contributed by atoms with van der Waals surface area (Å²) in [6.45, 7) is 2.81. The molecule has 4 aliphatic heterocycles. The van der Waals surface area contributed by atoms with Crippen molar-refractivity contribution in [2.24, 2.45) is 0 Å². The van der Waals surface area contributed by atoms with Crippen molar-refractivity contribution in [3.8, 4) is 0 Å². The number of benzene rings is 5. The van der Waals surface area contributed by atoms with Gasteiger partial charge in [-0.05, 0) is 74.2 Å². The summed E-state index contributed by atoms with van der Waals surface area (Å²) in [4.78, 5) is 7.28. The summed E-state index contributed by atoms with van der Waals surface area (Å²) in [5, 5.41) is 0. The molecule has 0 N–H and O–H groups in total. The molecule has 9 rings (SSSR count). The lowest BCUT2D eigenvalue weighted by atomic mass is 9.28. The van der Waals surface area contributed by atoms with E-state index < -0.39 is 0 Å². The zero-order valence-corrected chi connectivity index (χ0v) is 23.3. The van der Waals surface area contributed by atoms with Crippen LogP contribution in [0.2, 0.25) is 0 Å². The van der Waals surface area contributed by atoms with Gasteiger partial charge in [0, 0.05) is 61.2 Å². The zero-order valence-electron chi connectivity index (χ0n) is 23.3. The Morgan fingerprint density at radius 2 is 0.975 bits per heavy atom. The molecule has 3 nitrogen and oxygen atoms in total. The van der Waals surface area contributed by atoms with Crippen LogP contribution in [0.4, 0.5) is 34.1 Å². The number of rotatable bonds is 0. The van der Waals surface area contributed by atoms with Crippen LogP contribution in [0.25, 0.3) is 0 Å². The lowest BCUT2D eigenvalue weighted by molar-refractivity contribution is 0.928. The van der Waals surface area contributed by atoms with Crippen molar-refractivity contribution in [2.45, 2.75) is 12.8 Å². The number of para-hydroxylation sites is 2. The molecule has 4 heterocycles. The van der Waals surface area contributed by atoms with Gasteiger partial charge in [0.25, 0.3) is 6.71 Å². The van der Waals surface area contributed by atoms with Crippen molar-refractivity contribution in [2.75, 3.05) is 35.8 Å². The molecule has 4 aliphatic rings. The van der Waals surface area contributed by atoms with Crippen molar-refractivity contribution < 1.29 is 0 Å². The fourth-order valence-corrected chi connectivity index (χ4v) is 8.46. The molecule has 0 aliphatic carbocycles. The summed E-state index contributed by atoms with van der Waals surface area (Å²) >= 11 is 0. The molecule has 0 saturated heterocycles. The van der Waals surface area contributed by atoms with Gasteiger partial charge in [-0.2, -0.15) is 0 Å². The Morgan fingerprint density at radius 3 is 1.68 bits per heavy atom. The van der Waals surface area contributed by atoms with E-state index >= 15 is 0 Å². The van der Waals surface area contributed by atoms with Crippen molar-refractivity contribution in [1.82, 2.24) is 0 Å². The van der Waals surface area contributed by atoms with E-state index in [-0.39, 0.29) is 13.4 Å². The maximum atomic E-state index is 2.51. The third-order valence-electron chi connectivity index (χ3n) is 10.2. The van der Waals surface area contributed by atoms with Gasteiger partial charge < -0.3 is 14.7 Å². The third-order valence-corrected chi connectivity index (χ3v) is 10.2. The molecule has 1 unspecified atom stereocenters. The van der Waals surface area contributed by atoms with Gasteiger partial charge in [0.2, 0.25) is 6.71 Å². The molecule has 190 valence electrons. The van der Waals surface area contributed by atoms with Crippen LogP contribution in [-0.4, -0.2) is 34.6 Å². The van der Waals surface area contributed by atoms with Crippen molar-refractivity contribution in [3.05, 3.63) is 108 Å². The van der Waals surface area contributed by atoms with Crippen molar-refractivity contribution in [1.29, 1.82) is 0 Å². The van der Waals surface area contributed by atoms with E-state index in [9.17, 15) is 0 Å². The van der Waals surface area contributed by atoms with Gasteiger partial charge in [-0.3, -0.25) is 0 Å². The van der Waals surface area contributed by atoms with Gasteiger partial charge >= 0.3 is 0 Å². The number of nitrogens with zero attached hydrogens (tertiary/aromatic N) is 3. The zero-order chi connectivity index (χ0) is 26.9. The maximum absolute atomic E-state index is 2.51. The first-order valence-electron chi connectivity index (χ1n) is 14.4. The summed E-state index contributed by atoms with van der Waals surface area (Å²) in [5.74, 6) is 0.330. The first-order valence-corrected chi connectivity index (χ1v) is 14.4. The van der Waals surface area contributed by atoms with E-state index in [0.717, 1.165) is 0 Å². The molecule has 1 atom stereocenters. The molecular weight excluding hydrogens is 484 g/mol. The number of anilines is 6. The summed E-state index contributed by atoms with van der Waals surface area (Å²) in [5.41, 5.74) is 19.5. The van der Waals surface area contributed by atoms with Gasteiger partial charge in [-0.15, -0.1) is 0 Å². The van der Waals surface area contributed by atoms with E-state index in [1.807, 2.05) is 0 Å². The molecule has 5 aromatic carbocycles. The van der Waals surface area contributed by atoms with E-state index in [1.165, 1.54) is 78.0 Å². The van der Waals surface area contributed by atoms with Crippen LogP contribution in [0.15, 0.2) is 97.1 Å². The Kier molecular flexibility index (Phi) is 4.28. The SMILES string of the molecule is CC1c2cccc3c2B(c2ccccc2N3C)c2c1ccc1c2N(C)c2cccc3c2B1c1ccccc1N3C. The number of hydrogen-bond donors (Lipinski definition) is 0. The van der Waals surface area contributed by atoms with Crippen LogP contribution in [0.1, 0.15) is 24.0 Å². The summed E-state index contributed by atoms with van der Waals surface area (Å²) in [7, 11) is 6.73. The minimum absolute atomic E-state index is 0.202. The minimum atomic E-state index is 0.202. The highest BCUT2D eigenvalue weighted by Crippen LogP contribution is 2.40. The highest BCUT2D eigenvalue weighted by molar-refractivity contribution is 7.03. The quantitative estimate of drug-likeness (QED) is 0.294. The van der Waals surface area contributed by atoms with Crippen LogP contribution in [-0.2, 0) is 0 Å². The molecule has 5 aromatic rings. The van der Waals surface area contributed by atoms with Gasteiger partial charge in [0.05, 0.1) is 0 Å². The van der Waals surface area contributed by atoms with Crippen molar-refractivity contribution >= 4 is 80.3 Å². The molecular formula is C35H29B2N3. The van der Waals surface area contributed by atoms with Crippen LogP contribution in [0.3, 0.4) is 0 Å². The van der Waals surface area contributed by atoms with Gasteiger partial charge in [0.15, 0.2) is 0 Å². The minimum Gasteiger partial charge on any atom is -0.346 e. The third kappa shape index (κ3) is 2.54. The average molecular weight is 513 g/mol. The van der Waals surface area contributed by atoms with Gasteiger partial charge in [-0.25, -0.2) is 0 Å². The van der Waals surface area contributed by atoms with E-state index in [2.05, 4.69) is 140 Å². The summed E-state index contributed by atoms with van der Waals surface area (Å²) in [6, 6.07) is 36.7. The second-order valence-electron chi connectivity index (χ2n) is 11.9. The Bertz CT molecular complexity index is 1900. The predicted molar refractivity (Wildman–Crippen MR) is 173 cm³/mol. The van der Waals surface area contributed by atoms with E-state index in [1.54, 1.807) is 0 Å². The average Bonchev–Trinajstić information content (AvgIpc) is 3.00. The number of fused-ring (bicyclic) bond motifs is 9. The first-order chi connectivity index (χ1) is 19.6. The van der Waals surface area contributed by atoms with Gasteiger partial charge in [-0.1, -0.05) is 73.7 Å². The van der Waals surface area contributed by atoms with Crippen molar-refractivity contribution in [3.63, 3.8) is 0 Å². The maximum Gasteiger partial charge on any atom is 0.252 e. The smallest absolute Gasteiger partial charge is 0.252 e. The first kappa shape index (κ1) is 22.4. The molecule has 0 amide bonds. The molecule has 0 bridgehead atoms. The lowest BCUT2D eigenvalue weighted by Gasteiger charge is -2.46. The molecule has 40 heavy (non-hydrogen) atoms. The topological polar surface area (TPSA) is 9.72 Å². The van der Waals surface area contributed by atoms with Crippen LogP contribution < -0.4 is 47.5 Å². The summed E-state index contributed by atoms with van der Waals surface area (Å²) < 4.78 is 0. The second-order valence-corrected chi connectivity index (χ2v) is 11.9. The van der Waals surface area contributed by atoms with E-state index in [4.69, 9.17) is 0 Å². The number of hydrogen-bond acceptors (Lipinski definition) is 3. The van der Waals surface area contributed by atoms with E-state index in [0.29, 0.717) is 5.92 Å². The standard InChI is InChI=1S/C35H29B2N3/c1-21-22-11-9-16-29-32(22)37(25-13-6-8-15-28(25)38(29)2)33-23(21)19-20-26-35(33)40(4)31-18-10-17-30-34(31)36(26)24-12-5-7-14-27(24)39(30)3/h5-21H,1-4H3. The van der Waals surface area contributed by atoms with Crippen LogP contribution in [0.5, 0.6) is 0 Å². The molecule has 0 radical (unpaired) electrons. The molecule has 0 saturated carbocycles. The molecule has 5 heteroatoms. The lowest BCUT2D eigenvalue weighted by Crippen LogP contribution is -2.67. The Balaban J connectivity index is 1.40. The highest BCUT2D eigenvalue weighted by Gasteiger charge is 2.47. The summed E-state index contributed by atoms with van der Waals surface area (Å²) in [6.07, 6.45) is 0. The Hall–Kier alpha value is -4.37. The van der Waals surface area contributed by atoms with Gasteiger partial charge in [0.1, 0.15) is 0 Å². The second kappa shape index (κ2) is 7.63. The Morgan fingerprint density at radius 1 is 0.450 bits per heavy atom. The molecule has 0 fully saturated rings. The fourth-order valence-electron chi connectivity index (χ4n) is 8.46. The molecule has 0 spiro atoms. The Labute approximate surface area is 236 Å². The largest absolute Gasteiger partial charge is 0.346 e. The van der Waals surface area contributed by atoms with Crippen LogP contribution in [0, 0.1) is 0 Å². The molecule has 0 aromatic heterocycles. The normalized spacial score (nSPS) is 17.0. The van der Waals surface area contributed by atoms with Crippen LogP contribution >= 0.6 is 0 Å². The fraction of sp³-hybridized carbons (Fsp3) is 0.143.